The molecule has 1 heterocycles. The van der Waals surface area contributed by atoms with Crippen molar-refractivity contribution in [3.8, 4) is 0 Å². The van der Waals surface area contributed by atoms with Gasteiger partial charge >= 0.3 is 0 Å². The second kappa shape index (κ2) is 12.1. The Morgan fingerprint density at radius 3 is 2.55 bits per heavy atom. The van der Waals surface area contributed by atoms with E-state index in [9.17, 15) is 0 Å². The van der Waals surface area contributed by atoms with Gasteiger partial charge in [0, 0.05) is 31.7 Å². The molecule has 0 aromatic rings. The zero-order valence-corrected chi connectivity index (χ0v) is 16.9. The lowest BCUT2D eigenvalue weighted by atomic mass is 10.0. The van der Waals surface area contributed by atoms with Gasteiger partial charge in [-0.25, -0.2) is 0 Å². The fourth-order valence-electron chi connectivity index (χ4n) is 2.32. The van der Waals surface area contributed by atoms with E-state index in [2.05, 4.69) is 48.5 Å². The normalized spacial score (nSPS) is 17.4. The monoisotopic (exact) mass is 424 g/mol. The summed E-state index contributed by atoms with van der Waals surface area (Å²) in [5, 5.41) is 6.68. The molecule has 22 heavy (non-hydrogen) atoms. The number of guanidine groups is 1. The predicted octanol–water partition coefficient (Wildman–Crippen LogP) is 2.24. The first-order valence-corrected chi connectivity index (χ1v) is 8.06. The van der Waals surface area contributed by atoms with E-state index in [0.717, 1.165) is 58.3 Å². The van der Waals surface area contributed by atoms with E-state index in [1.165, 1.54) is 0 Å². The van der Waals surface area contributed by atoms with Gasteiger partial charge in [0.25, 0.3) is 0 Å². The molecule has 1 aliphatic rings. The Kier molecular flexibility index (Phi) is 11.9. The molecule has 130 valence electrons. The molecule has 0 amide bonds. The van der Waals surface area contributed by atoms with Gasteiger partial charge in [0.1, 0.15) is 0 Å². The van der Waals surface area contributed by atoms with Crippen molar-refractivity contribution in [3.63, 3.8) is 0 Å². The number of halogens is 1. The van der Waals surface area contributed by atoms with E-state index >= 15 is 0 Å². The van der Waals surface area contributed by atoms with Crippen LogP contribution in [0.15, 0.2) is 17.1 Å². The van der Waals surface area contributed by atoms with Crippen molar-refractivity contribution >= 4 is 29.9 Å². The molecule has 1 fully saturated rings. The summed E-state index contributed by atoms with van der Waals surface area (Å²) in [6, 6.07) is 0. The molecule has 1 rings (SSSR count). The van der Waals surface area contributed by atoms with Crippen LogP contribution in [0.1, 0.15) is 34.1 Å². The smallest absolute Gasteiger partial charge is 0.191 e. The van der Waals surface area contributed by atoms with E-state index in [1.807, 2.05) is 6.92 Å². The standard InChI is InChI=1S/C16H32N4O.HI/c1-5-7-8-9-18-15(17-6-2)19-14-16(3,4)20-10-12-21-13-11-20;/h5,7H,6,8-14H2,1-4H3,(H2,17,18,19);1H. The highest BCUT2D eigenvalue weighted by Gasteiger charge is 2.27. The molecular weight excluding hydrogens is 391 g/mol. The largest absolute Gasteiger partial charge is 0.379 e. The molecule has 2 N–H and O–H groups in total. The first kappa shape index (κ1) is 21.7. The molecule has 1 saturated heterocycles. The van der Waals surface area contributed by atoms with Crippen molar-refractivity contribution in [2.75, 3.05) is 45.9 Å². The minimum absolute atomic E-state index is 0. The second-order valence-corrected chi connectivity index (χ2v) is 5.89. The summed E-state index contributed by atoms with van der Waals surface area (Å²) in [5.41, 5.74) is 0.0649. The van der Waals surface area contributed by atoms with E-state index in [4.69, 9.17) is 9.73 Å². The van der Waals surface area contributed by atoms with Crippen LogP contribution < -0.4 is 10.6 Å². The third kappa shape index (κ3) is 8.33. The maximum atomic E-state index is 5.43. The molecule has 0 saturated carbocycles. The van der Waals surface area contributed by atoms with Gasteiger partial charge in [0.15, 0.2) is 5.96 Å². The quantitative estimate of drug-likeness (QED) is 0.216. The Bertz CT molecular complexity index is 339. The molecule has 0 atom stereocenters. The van der Waals surface area contributed by atoms with Gasteiger partial charge in [-0.15, -0.1) is 24.0 Å². The minimum atomic E-state index is 0. The van der Waals surface area contributed by atoms with Gasteiger partial charge in [-0.2, -0.15) is 0 Å². The molecule has 0 aliphatic carbocycles. The molecule has 0 aromatic heterocycles. The first-order valence-electron chi connectivity index (χ1n) is 8.06. The van der Waals surface area contributed by atoms with Crippen LogP contribution in [0.3, 0.4) is 0 Å². The zero-order valence-electron chi connectivity index (χ0n) is 14.5. The first-order chi connectivity index (χ1) is 10.1. The molecule has 0 unspecified atom stereocenters. The lowest BCUT2D eigenvalue weighted by Crippen LogP contribution is -2.52. The summed E-state index contributed by atoms with van der Waals surface area (Å²) in [7, 11) is 0. The SMILES string of the molecule is CC=CCCNC(=NCC(C)(C)N1CCOCC1)NCC.I. The average Bonchev–Trinajstić information content (AvgIpc) is 2.50. The number of nitrogens with one attached hydrogen (secondary N) is 2. The number of rotatable bonds is 7. The van der Waals surface area contributed by atoms with Crippen molar-refractivity contribution in [3.05, 3.63) is 12.2 Å². The highest BCUT2D eigenvalue weighted by Crippen LogP contribution is 2.16. The van der Waals surface area contributed by atoms with Crippen LogP contribution >= 0.6 is 24.0 Å². The van der Waals surface area contributed by atoms with Gasteiger partial charge in [-0.1, -0.05) is 12.2 Å². The van der Waals surface area contributed by atoms with Gasteiger partial charge in [0.2, 0.25) is 0 Å². The van der Waals surface area contributed by atoms with E-state index < -0.39 is 0 Å². The van der Waals surface area contributed by atoms with Crippen molar-refractivity contribution in [1.82, 2.24) is 15.5 Å². The summed E-state index contributed by atoms with van der Waals surface area (Å²) < 4.78 is 5.43. The van der Waals surface area contributed by atoms with E-state index in [-0.39, 0.29) is 29.5 Å². The van der Waals surface area contributed by atoms with Crippen LogP contribution in [0.4, 0.5) is 0 Å². The summed E-state index contributed by atoms with van der Waals surface area (Å²) in [6.07, 6.45) is 5.26. The number of morpholine rings is 1. The summed E-state index contributed by atoms with van der Waals surface area (Å²) in [6.45, 7) is 14.9. The van der Waals surface area contributed by atoms with Crippen molar-refractivity contribution in [2.45, 2.75) is 39.7 Å². The Balaban J connectivity index is 0.00000441. The Morgan fingerprint density at radius 1 is 1.27 bits per heavy atom. The number of aliphatic imine (C=N–C) groups is 1. The molecule has 1 aliphatic heterocycles. The van der Waals surface area contributed by atoms with Crippen LogP contribution in [0, 0.1) is 0 Å². The highest BCUT2D eigenvalue weighted by atomic mass is 127. The fraction of sp³-hybridized carbons (Fsp3) is 0.812. The van der Waals surface area contributed by atoms with Gasteiger partial charge in [-0.05, 0) is 34.1 Å². The molecular formula is C16H33IN4O. The number of hydrogen-bond donors (Lipinski definition) is 2. The topological polar surface area (TPSA) is 48.9 Å². The summed E-state index contributed by atoms with van der Waals surface area (Å²) in [4.78, 5) is 7.21. The highest BCUT2D eigenvalue weighted by molar-refractivity contribution is 14.0. The molecule has 0 bridgehead atoms. The molecule has 0 radical (unpaired) electrons. The van der Waals surface area contributed by atoms with Gasteiger partial charge < -0.3 is 15.4 Å². The zero-order chi connectivity index (χ0) is 15.6. The van der Waals surface area contributed by atoms with E-state index in [1.54, 1.807) is 0 Å². The Morgan fingerprint density at radius 2 is 1.95 bits per heavy atom. The number of nitrogens with zero attached hydrogens (tertiary/aromatic N) is 2. The lowest BCUT2D eigenvalue weighted by Gasteiger charge is -2.39. The summed E-state index contributed by atoms with van der Waals surface area (Å²) >= 11 is 0. The third-order valence-electron chi connectivity index (χ3n) is 3.67. The number of hydrogen-bond acceptors (Lipinski definition) is 3. The maximum absolute atomic E-state index is 5.43. The fourth-order valence-corrected chi connectivity index (χ4v) is 2.32. The lowest BCUT2D eigenvalue weighted by molar-refractivity contribution is -0.00683. The maximum Gasteiger partial charge on any atom is 0.191 e. The van der Waals surface area contributed by atoms with Crippen molar-refractivity contribution < 1.29 is 4.74 Å². The van der Waals surface area contributed by atoms with Crippen molar-refractivity contribution in [2.24, 2.45) is 4.99 Å². The predicted molar refractivity (Wildman–Crippen MR) is 105 cm³/mol. The Hall–Kier alpha value is -0.340. The van der Waals surface area contributed by atoms with Crippen LogP contribution in [0.2, 0.25) is 0 Å². The number of allylic oxidation sites excluding steroid dienone is 1. The molecule has 0 aromatic carbocycles. The molecule has 6 heteroatoms. The molecule has 5 nitrogen and oxygen atoms in total. The second-order valence-electron chi connectivity index (χ2n) is 5.89. The van der Waals surface area contributed by atoms with Crippen LogP contribution in [-0.2, 0) is 4.74 Å². The number of ether oxygens (including phenoxy) is 1. The van der Waals surface area contributed by atoms with E-state index in [0.29, 0.717) is 0 Å². The van der Waals surface area contributed by atoms with Crippen LogP contribution in [-0.4, -0.2) is 62.3 Å². The average molecular weight is 424 g/mol. The van der Waals surface area contributed by atoms with Crippen LogP contribution in [0.5, 0.6) is 0 Å². The van der Waals surface area contributed by atoms with Crippen LogP contribution in [0.25, 0.3) is 0 Å². The van der Waals surface area contributed by atoms with Gasteiger partial charge in [0.05, 0.1) is 19.8 Å². The Labute approximate surface area is 153 Å². The minimum Gasteiger partial charge on any atom is -0.379 e. The third-order valence-corrected chi connectivity index (χ3v) is 3.67. The van der Waals surface area contributed by atoms with Gasteiger partial charge in [-0.3, -0.25) is 9.89 Å². The summed E-state index contributed by atoms with van der Waals surface area (Å²) in [5.74, 6) is 0.906. The van der Waals surface area contributed by atoms with Crippen molar-refractivity contribution in [1.29, 1.82) is 0 Å². The molecule has 0 spiro atoms.